The van der Waals surface area contributed by atoms with Crippen LogP contribution in [0.5, 0.6) is 0 Å². The third-order valence-electron chi connectivity index (χ3n) is 5.79. The highest BCUT2D eigenvalue weighted by molar-refractivity contribution is 6.11. The number of ether oxygens (including phenoxy) is 1. The van der Waals surface area contributed by atoms with Gasteiger partial charge in [0.1, 0.15) is 0 Å². The monoisotopic (exact) mass is 370 g/mol. The maximum Gasteiger partial charge on any atom is 0.249 e. The molecule has 0 radical (unpaired) electrons. The highest BCUT2D eigenvalue weighted by Crippen LogP contribution is 2.33. The molecule has 3 aliphatic rings. The van der Waals surface area contributed by atoms with Crippen LogP contribution >= 0.6 is 0 Å². The van der Waals surface area contributed by atoms with Gasteiger partial charge in [-0.25, -0.2) is 4.99 Å². The van der Waals surface area contributed by atoms with E-state index in [1.807, 2.05) is 18.2 Å². The van der Waals surface area contributed by atoms with E-state index in [4.69, 9.17) is 4.74 Å². The van der Waals surface area contributed by atoms with E-state index in [2.05, 4.69) is 17.2 Å². The van der Waals surface area contributed by atoms with E-state index < -0.39 is 0 Å². The van der Waals surface area contributed by atoms with Gasteiger partial charge in [0.15, 0.2) is 0 Å². The van der Waals surface area contributed by atoms with Crippen LogP contribution in [0, 0.1) is 17.8 Å². The van der Waals surface area contributed by atoms with E-state index in [9.17, 15) is 9.59 Å². The van der Waals surface area contributed by atoms with E-state index in [0.29, 0.717) is 12.3 Å². The number of aliphatic imine (C=N–C) groups is 1. The average molecular weight is 370 g/mol. The van der Waals surface area contributed by atoms with Crippen LogP contribution in [-0.4, -0.2) is 31.2 Å². The molecule has 1 heterocycles. The Morgan fingerprint density at radius 1 is 1.26 bits per heavy atom. The summed E-state index contributed by atoms with van der Waals surface area (Å²) < 4.78 is 5.19. The Hall–Kier alpha value is -2.01. The number of carbonyl (C=O) groups is 2. The molecule has 0 bridgehead atoms. The molecule has 0 aromatic rings. The Balaban J connectivity index is 1.62. The molecular weight excluding hydrogens is 340 g/mol. The van der Waals surface area contributed by atoms with Crippen LogP contribution in [0.1, 0.15) is 51.9 Å². The van der Waals surface area contributed by atoms with Gasteiger partial charge in [-0.05, 0) is 49.3 Å². The molecule has 1 atom stereocenters. The lowest BCUT2D eigenvalue weighted by molar-refractivity contribution is -0.122. The van der Waals surface area contributed by atoms with E-state index in [-0.39, 0.29) is 23.7 Å². The van der Waals surface area contributed by atoms with Crippen LogP contribution in [0.3, 0.4) is 0 Å². The first kappa shape index (κ1) is 19.7. The smallest absolute Gasteiger partial charge is 0.249 e. The molecule has 0 aromatic heterocycles. The molecule has 5 nitrogen and oxygen atoms in total. The molecular formula is C22H30N2O3. The number of unbranched alkanes of at least 4 members (excludes halogenated alkanes) is 1. The number of nitrogens with zero attached hydrogens (tertiary/aromatic N) is 1. The topological polar surface area (TPSA) is 67.8 Å². The molecule has 2 aliphatic carbocycles. The first-order valence-corrected chi connectivity index (χ1v) is 10.1. The summed E-state index contributed by atoms with van der Waals surface area (Å²) in [4.78, 5) is 28.8. The van der Waals surface area contributed by atoms with Gasteiger partial charge in [-0.15, -0.1) is 0 Å². The Bertz CT molecular complexity index is 694. The van der Waals surface area contributed by atoms with Gasteiger partial charge in [-0.1, -0.05) is 32.3 Å². The maximum atomic E-state index is 12.6. The van der Waals surface area contributed by atoms with E-state index in [1.165, 1.54) is 19.3 Å². The van der Waals surface area contributed by atoms with Crippen LogP contribution in [-0.2, 0) is 14.3 Å². The summed E-state index contributed by atoms with van der Waals surface area (Å²) in [5.41, 5.74) is 2.31. The average Bonchev–Trinajstić information content (AvgIpc) is 2.66. The molecule has 1 aliphatic heterocycles. The number of nitrogens with one attached hydrogen (secondary N) is 1. The SMILES string of the molecule is CCCCC1CCC(C(=O)N=C2C=CC3C(COC)=CC(=O)NC3=C2)CC1. The molecule has 1 unspecified atom stereocenters. The molecule has 0 aromatic carbocycles. The lowest BCUT2D eigenvalue weighted by Crippen LogP contribution is -2.34. The number of hydrogen-bond donors (Lipinski definition) is 1. The fourth-order valence-corrected chi connectivity index (χ4v) is 4.25. The van der Waals surface area contributed by atoms with Crippen molar-refractivity contribution >= 4 is 17.5 Å². The maximum absolute atomic E-state index is 12.6. The number of hydrogen-bond acceptors (Lipinski definition) is 3. The first-order valence-electron chi connectivity index (χ1n) is 10.1. The molecule has 0 spiro atoms. The molecule has 3 rings (SSSR count). The second-order valence-corrected chi connectivity index (χ2v) is 7.81. The number of rotatable bonds is 6. The summed E-state index contributed by atoms with van der Waals surface area (Å²) in [6.45, 7) is 2.64. The summed E-state index contributed by atoms with van der Waals surface area (Å²) in [6.07, 6.45) is 15.3. The van der Waals surface area contributed by atoms with Crippen LogP contribution in [0.4, 0.5) is 0 Å². The van der Waals surface area contributed by atoms with Crippen molar-refractivity contribution in [1.29, 1.82) is 0 Å². The number of allylic oxidation sites excluding steroid dienone is 3. The molecule has 27 heavy (non-hydrogen) atoms. The quantitative estimate of drug-likeness (QED) is 0.775. The van der Waals surface area contributed by atoms with Crippen molar-refractivity contribution in [3.05, 3.63) is 35.6 Å². The van der Waals surface area contributed by atoms with Gasteiger partial charge in [0, 0.05) is 30.7 Å². The van der Waals surface area contributed by atoms with Crippen LogP contribution in [0.15, 0.2) is 40.6 Å². The van der Waals surface area contributed by atoms with Crippen molar-refractivity contribution in [2.45, 2.75) is 51.9 Å². The molecule has 1 N–H and O–H groups in total. The van der Waals surface area contributed by atoms with Crippen molar-refractivity contribution in [2.75, 3.05) is 13.7 Å². The normalized spacial score (nSPS) is 29.0. The largest absolute Gasteiger partial charge is 0.380 e. The van der Waals surface area contributed by atoms with Gasteiger partial charge in [-0.2, -0.15) is 0 Å². The molecule has 2 amide bonds. The Kier molecular flexibility index (Phi) is 6.78. The molecule has 1 fully saturated rings. The van der Waals surface area contributed by atoms with Crippen LogP contribution in [0.2, 0.25) is 0 Å². The van der Waals surface area contributed by atoms with Crippen molar-refractivity contribution < 1.29 is 14.3 Å². The standard InChI is InChI=1S/C22H30N2O3/c1-3-4-5-15-6-8-16(9-7-15)22(26)23-18-10-11-19-17(14-27-2)12-21(25)24-20(19)13-18/h10-13,15-16,19H,3-9,14H2,1-2H3,(H,24,25). The predicted octanol–water partition coefficient (Wildman–Crippen LogP) is 3.72. The van der Waals surface area contributed by atoms with E-state index in [1.54, 1.807) is 13.2 Å². The lowest BCUT2D eigenvalue weighted by atomic mass is 9.79. The third kappa shape index (κ3) is 5.04. The zero-order valence-electron chi connectivity index (χ0n) is 16.4. The molecule has 1 saturated carbocycles. The summed E-state index contributed by atoms with van der Waals surface area (Å²) in [5.74, 6) is 0.641. The fraction of sp³-hybridized carbons (Fsp3) is 0.591. The Morgan fingerprint density at radius 2 is 2.04 bits per heavy atom. The zero-order chi connectivity index (χ0) is 19.2. The minimum absolute atomic E-state index is 0.00861. The summed E-state index contributed by atoms with van der Waals surface area (Å²) >= 11 is 0. The van der Waals surface area contributed by atoms with Crippen molar-refractivity contribution in [3.8, 4) is 0 Å². The Labute approximate surface area is 161 Å². The Morgan fingerprint density at radius 3 is 2.74 bits per heavy atom. The van der Waals surface area contributed by atoms with Crippen LogP contribution in [0.25, 0.3) is 0 Å². The number of methoxy groups -OCH3 is 1. The van der Waals surface area contributed by atoms with Crippen molar-refractivity contribution in [1.82, 2.24) is 5.32 Å². The molecule has 0 saturated heterocycles. The highest BCUT2D eigenvalue weighted by Gasteiger charge is 2.28. The summed E-state index contributed by atoms with van der Waals surface area (Å²) in [6, 6.07) is 0. The second kappa shape index (κ2) is 9.27. The third-order valence-corrected chi connectivity index (χ3v) is 5.79. The second-order valence-electron chi connectivity index (χ2n) is 7.81. The molecule has 146 valence electrons. The highest BCUT2D eigenvalue weighted by atomic mass is 16.5. The number of fused-ring (bicyclic) bond motifs is 1. The van der Waals surface area contributed by atoms with E-state index >= 15 is 0 Å². The number of amides is 2. The molecule has 5 heteroatoms. The van der Waals surface area contributed by atoms with Crippen molar-refractivity contribution in [3.63, 3.8) is 0 Å². The predicted molar refractivity (Wildman–Crippen MR) is 106 cm³/mol. The summed E-state index contributed by atoms with van der Waals surface area (Å²) in [7, 11) is 1.62. The van der Waals surface area contributed by atoms with Gasteiger partial charge in [0.25, 0.3) is 0 Å². The van der Waals surface area contributed by atoms with Gasteiger partial charge in [0.2, 0.25) is 11.8 Å². The van der Waals surface area contributed by atoms with Crippen LogP contribution < -0.4 is 5.32 Å². The fourth-order valence-electron chi connectivity index (χ4n) is 4.25. The minimum Gasteiger partial charge on any atom is -0.380 e. The first-order chi connectivity index (χ1) is 13.1. The number of carbonyl (C=O) groups excluding carboxylic acids is 2. The minimum atomic E-state index is -0.157. The van der Waals surface area contributed by atoms with Gasteiger partial charge in [0.05, 0.1) is 12.3 Å². The van der Waals surface area contributed by atoms with Crippen molar-refractivity contribution in [2.24, 2.45) is 22.7 Å². The van der Waals surface area contributed by atoms with Gasteiger partial charge < -0.3 is 10.1 Å². The summed E-state index contributed by atoms with van der Waals surface area (Å²) in [5, 5.41) is 2.86. The zero-order valence-corrected chi connectivity index (χ0v) is 16.4. The lowest BCUT2D eigenvalue weighted by Gasteiger charge is -2.28. The van der Waals surface area contributed by atoms with Gasteiger partial charge in [-0.3, -0.25) is 9.59 Å². The van der Waals surface area contributed by atoms with E-state index in [0.717, 1.165) is 42.9 Å². The van der Waals surface area contributed by atoms with Gasteiger partial charge >= 0.3 is 0 Å².